The van der Waals surface area contributed by atoms with Crippen molar-refractivity contribution in [2.75, 3.05) is 11.1 Å². The molecule has 6 heteroatoms. The molecule has 0 atom stereocenters. The summed E-state index contributed by atoms with van der Waals surface area (Å²) in [7, 11) is 0. The van der Waals surface area contributed by atoms with Crippen LogP contribution in [0.5, 0.6) is 0 Å². The van der Waals surface area contributed by atoms with E-state index in [-0.39, 0.29) is 5.82 Å². The van der Waals surface area contributed by atoms with E-state index in [0.717, 1.165) is 4.90 Å². The smallest absolute Gasteiger partial charge is 0.158 e. The Kier molecular flexibility index (Phi) is 4.43. The molecule has 0 unspecified atom stereocenters. The normalized spacial score (nSPS) is 10.5. The van der Waals surface area contributed by atoms with E-state index in [4.69, 9.17) is 5.73 Å². The van der Waals surface area contributed by atoms with Gasteiger partial charge in [0.05, 0.1) is 0 Å². The zero-order valence-corrected chi connectivity index (χ0v) is 13.3. The van der Waals surface area contributed by atoms with E-state index in [1.54, 1.807) is 12.1 Å². The van der Waals surface area contributed by atoms with Crippen molar-refractivity contribution in [1.29, 1.82) is 0 Å². The maximum absolute atomic E-state index is 13.0. The number of aromatic nitrogens is 2. The molecule has 0 aliphatic rings. The number of anilines is 3. The van der Waals surface area contributed by atoms with Crippen molar-refractivity contribution in [2.24, 2.45) is 0 Å². The lowest BCUT2D eigenvalue weighted by atomic mass is 10.2. The minimum absolute atomic E-state index is 0.290. The highest BCUT2D eigenvalue weighted by molar-refractivity contribution is 7.99. The first-order chi connectivity index (χ1) is 11.1. The zero-order chi connectivity index (χ0) is 16.2. The lowest BCUT2D eigenvalue weighted by molar-refractivity contribution is 0.628. The van der Waals surface area contributed by atoms with Gasteiger partial charge >= 0.3 is 0 Å². The second kappa shape index (κ2) is 6.66. The molecule has 0 spiro atoms. The van der Waals surface area contributed by atoms with Crippen LogP contribution in [0.2, 0.25) is 0 Å². The summed E-state index contributed by atoms with van der Waals surface area (Å²) in [5, 5.41) is 3.75. The topological polar surface area (TPSA) is 63.8 Å². The van der Waals surface area contributed by atoms with Gasteiger partial charge in [-0.05, 0) is 43.3 Å². The van der Waals surface area contributed by atoms with E-state index in [1.807, 2.05) is 31.2 Å². The Morgan fingerprint density at radius 3 is 2.39 bits per heavy atom. The molecule has 116 valence electrons. The molecule has 0 amide bonds. The molecule has 0 fully saturated rings. The molecule has 0 bridgehead atoms. The summed E-state index contributed by atoms with van der Waals surface area (Å²) >= 11 is 1.47. The number of rotatable bonds is 4. The highest BCUT2D eigenvalue weighted by Crippen LogP contribution is 2.34. The van der Waals surface area contributed by atoms with Gasteiger partial charge in [0.2, 0.25) is 0 Å². The van der Waals surface area contributed by atoms with Crippen molar-refractivity contribution >= 4 is 29.0 Å². The van der Waals surface area contributed by atoms with E-state index in [9.17, 15) is 4.39 Å². The Balaban J connectivity index is 1.83. The van der Waals surface area contributed by atoms with Crippen molar-refractivity contribution in [3.63, 3.8) is 0 Å². The first-order valence-corrected chi connectivity index (χ1v) is 7.81. The third-order valence-electron chi connectivity index (χ3n) is 3.19. The van der Waals surface area contributed by atoms with Gasteiger partial charge in [0, 0.05) is 10.6 Å². The summed E-state index contributed by atoms with van der Waals surface area (Å²) in [5.41, 5.74) is 8.53. The number of halogens is 1. The maximum atomic E-state index is 13.0. The van der Waals surface area contributed by atoms with Gasteiger partial charge in [0.1, 0.15) is 22.9 Å². The first kappa shape index (κ1) is 15.3. The highest BCUT2D eigenvalue weighted by atomic mass is 32.2. The van der Waals surface area contributed by atoms with E-state index >= 15 is 0 Å². The average molecular weight is 326 g/mol. The SMILES string of the molecule is Cc1ccc(Sc2ncnc(Nc3ccc(F)cc3)c2N)cc1. The molecule has 0 saturated carbocycles. The second-order valence-electron chi connectivity index (χ2n) is 4.99. The fourth-order valence-corrected chi connectivity index (χ4v) is 2.75. The minimum atomic E-state index is -0.290. The summed E-state index contributed by atoms with van der Waals surface area (Å²) in [6.45, 7) is 2.04. The third kappa shape index (κ3) is 3.78. The van der Waals surface area contributed by atoms with Gasteiger partial charge in [0.15, 0.2) is 5.82 Å². The van der Waals surface area contributed by atoms with Crippen LogP contribution in [-0.2, 0) is 0 Å². The van der Waals surface area contributed by atoms with Crippen LogP contribution in [0.1, 0.15) is 5.56 Å². The predicted octanol–water partition coefficient (Wildman–Crippen LogP) is 4.40. The van der Waals surface area contributed by atoms with Gasteiger partial charge in [-0.1, -0.05) is 29.5 Å². The maximum Gasteiger partial charge on any atom is 0.158 e. The molecule has 0 aliphatic heterocycles. The van der Waals surface area contributed by atoms with Crippen molar-refractivity contribution in [1.82, 2.24) is 9.97 Å². The molecule has 4 nitrogen and oxygen atoms in total. The summed E-state index contributed by atoms with van der Waals surface area (Å²) < 4.78 is 13.0. The van der Waals surface area contributed by atoms with Crippen molar-refractivity contribution < 1.29 is 4.39 Å². The first-order valence-electron chi connectivity index (χ1n) is 6.99. The Hall–Kier alpha value is -2.60. The molecular weight excluding hydrogens is 311 g/mol. The molecule has 1 aromatic heterocycles. The number of benzene rings is 2. The van der Waals surface area contributed by atoms with E-state index < -0.39 is 0 Å². The van der Waals surface area contributed by atoms with Crippen molar-refractivity contribution in [3.05, 3.63) is 66.2 Å². The number of nitrogen functional groups attached to an aromatic ring is 1. The van der Waals surface area contributed by atoms with Crippen LogP contribution in [0.4, 0.5) is 21.6 Å². The molecule has 0 radical (unpaired) electrons. The fraction of sp³-hybridized carbons (Fsp3) is 0.0588. The quantitative estimate of drug-likeness (QED) is 0.696. The van der Waals surface area contributed by atoms with Crippen molar-refractivity contribution in [3.8, 4) is 0 Å². The lowest BCUT2D eigenvalue weighted by Gasteiger charge is -2.11. The molecule has 2 aromatic carbocycles. The van der Waals surface area contributed by atoms with Crippen molar-refractivity contribution in [2.45, 2.75) is 16.8 Å². The molecule has 1 heterocycles. The molecule has 23 heavy (non-hydrogen) atoms. The summed E-state index contributed by atoms with van der Waals surface area (Å²) in [6.07, 6.45) is 1.46. The second-order valence-corrected chi connectivity index (χ2v) is 6.05. The van der Waals surface area contributed by atoms with Gasteiger partial charge in [-0.25, -0.2) is 14.4 Å². The van der Waals surface area contributed by atoms with Crippen LogP contribution in [0.3, 0.4) is 0 Å². The van der Waals surface area contributed by atoms with Crippen LogP contribution in [0.25, 0.3) is 0 Å². The minimum Gasteiger partial charge on any atom is -0.394 e. The fourth-order valence-electron chi connectivity index (χ4n) is 1.95. The molecule has 0 saturated heterocycles. The van der Waals surface area contributed by atoms with Crippen LogP contribution >= 0.6 is 11.8 Å². The third-order valence-corrected chi connectivity index (χ3v) is 4.22. The number of aryl methyl sites for hydroxylation is 1. The monoisotopic (exact) mass is 326 g/mol. The number of hydrogen-bond acceptors (Lipinski definition) is 5. The molecular formula is C17H15FN4S. The molecule has 3 N–H and O–H groups in total. The van der Waals surface area contributed by atoms with Gasteiger partial charge in [-0.2, -0.15) is 0 Å². The standard InChI is InChI=1S/C17H15FN4S/c1-11-2-8-14(9-3-11)23-17-15(19)16(20-10-21-17)22-13-6-4-12(18)5-7-13/h2-10H,19H2,1H3,(H,20,21,22). The lowest BCUT2D eigenvalue weighted by Crippen LogP contribution is -2.02. The predicted molar refractivity (Wildman–Crippen MR) is 91.4 cm³/mol. The average Bonchev–Trinajstić information content (AvgIpc) is 2.55. The number of hydrogen-bond donors (Lipinski definition) is 2. The summed E-state index contributed by atoms with van der Waals surface area (Å²) in [5.74, 6) is 0.211. The van der Waals surface area contributed by atoms with Gasteiger partial charge in [-0.3, -0.25) is 0 Å². The van der Waals surface area contributed by atoms with E-state index in [0.29, 0.717) is 22.2 Å². The molecule has 3 aromatic rings. The summed E-state index contributed by atoms with van der Waals surface area (Å²) in [4.78, 5) is 9.45. The number of nitrogens with two attached hydrogens (primary N) is 1. The molecule has 0 aliphatic carbocycles. The van der Waals surface area contributed by atoms with Crippen LogP contribution in [0, 0.1) is 12.7 Å². The van der Waals surface area contributed by atoms with Gasteiger partial charge in [0.25, 0.3) is 0 Å². The van der Waals surface area contributed by atoms with E-state index in [2.05, 4.69) is 15.3 Å². The van der Waals surface area contributed by atoms with Crippen LogP contribution < -0.4 is 11.1 Å². The van der Waals surface area contributed by atoms with E-state index in [1.165, 1.54) is 35.8 Å². The Bertz CT molecular complexity index is 738. The largest absolute Gasteiger partial charge is 0.394 e. The number of nitrogens with zero attached hydrogens (tertiary/aromatic N) is 2. The van der Waals surface area contributed by atoms with Crippen LogP contribution in [-0.4, -0.2) is 9.97 Å². The highest BCUT2D eigenvalue weighted by Gasteiger charge is 2.10. The summed E-state index contributed by atoms with van der Waals surface area (Å²) in [6, 6.07) is 14.1. The Morgan fingerprint density at radius 2 is 1.70 bits per heavy atom. The van der Waals surface area contributed by atoms with Gasteiger partial charge < -0.3 is 11.1 Å². The Labute approximate surface area is 138 Å². The molecule has 3 rings (SSSR count). The zero-order valence-electron chi connectivity index (χ0n) is 12.5. The van der Waals surface area contributed by atoms with Gasteiger partial charge in [-0.15, -0.1) is 0 Å². The van der Waals surface area contributed by atoms with Crippen LogP contribution in [0.15, 0.2) is 64.8 Å². The Morgan fingerprint density at radius 1 is 1.00 bits per heavy atom. The number of nitrogens with one attached hydrogen (secondary N) is 1.